The van der Waals surface area contributed by atoms with E-state index in [4.69, 9.17) is 16.6 Å². The summed E-state index contributed by atoms with van der Waals surface area (Å²) in [6, 6.07) is 0. The first-order valence-electron chi connectivity index (χ1n) is 3.77. The third-order valence-corrected chi connectivity index (χ3v) is 1.59. The molecule has 1 rings (SSSR count). The van der Waals surface area contributed by atoms with E-state index >= 15 is 0 Å². The number of aromatic hydroxyl groups is 1. The molecule has 0 atom stereocenters. The van der Waals surface area contributed by atoms with Crippen molar-refractivity contribution in [2.75, 3.05) is 5.73 Å². The van der Waals surface area contributed by atoms with Gasteiger partial charge in [-0.1, -0.05) is 0 Å². The molecule has 1 heterocycles. The standard InChI is InChI=1S/C7H8F3N3O2/c8-7(9,10)15-6-5(12)3(1-11)4(14)2-13-6/h2,14H,1,11-12H2. The molecule has 0 bridgehead atoms. The van der Waals surface area contributed by atoms with Crippen LogP contribution in [0, 0.1) is 0 Å². The summed E-state index contributed by atoms with van der Waals surface area (Å²) < 4.78 is 39.1. The van der Waals surface area contributed by atoms with E-state index in [2.05, 4.69) is 9.72 Å². The predicted octanol–water partition coefficient (Wildman–Crippen LogP) is 0.727. The summed E-state index contributed by atoms with van der Waals surface area (Å²) in [6.45, 7) is -0.214. The average molecular weight is 223 g/mol. The quantitative estimate of drug-likeness (QED) is 0.686. The van der Waals surface area contributed by atoms with Gasteiger partial charge in [0.25, 0.3) is 0 Å². The fraction of sp³-hybridized carbons (Fsp3) is 0.286. The van der Waals surface area contributed by atoms with Crippen molar-refractivity contribution in [3.63, 3.8) is 0 Å². The van der Waals surface area contributed by atoms with Gasteiger partial charge in [-0.25, -0.2) is 4.98 Å². The molecule has 0 saturated carbocycles. The first-order valence-corrected chi connectivity index (χ1v) is 3.77. The highest BCUT2D eigenvalue weighted by Crippen LogP contribution is 2.32. The summed E-state index contributed by atoms with van der Waals surface area (Å²) in [6.07, 6.45) is -4.09. The van der Waals surface area contributed by atoms with Crippen LogP contribution in [0.5, 0.6) is 11.6 Å². The van der Waals surface area contributed by atoms with Crippen molar-refractivity contribution in [1.29, 1.82) is 0 Å². The summed E-state index contributed by atoms with van der Waals surface area (Å²) in [5.41, 5.74) is 9.99. The number of nitrogens with two attached hydrogens (primary N) is 2. The monoisotopic (exact) mass is 223 g/mol. The van der Waals surface area contributed by atoms with E-state index in [0.717, 1.165) is 6.20 Å². The molecule has 15 heavy (non-hydrogen) atoms. The molecule has 0 spiro atoms. The molecule has 0 aliphatic carbocycles. The van der Waals surface area contributed by atoms with Gasteiger partial charge < -0.3 is 21.3 Å². The van der Waals surface area contributed by atoms with Crippen molar-refractivity contribution < 1.29 is 23.0 Å². The van der Waals surface area contributed by atoms with E-state index in [9.17, 15) is 13.2 Å². The topological polar surface area (TPSA) is 94.4 Å². The second-order valence-corrected chi connectivity index (χ2v) is 2.59. The van der Waals surface area contributed by atoms with Crippen molar-refractivity contribution >= 4 is 5.69 Å². The third-order valence-electron chi connectivity index (χ3n) is 1.59. The molecule has 0 unspecified atom stereocenters. The smallest absolute Gasteiger partial charge is 0.506 e. The van der Waals surface area contributed by atoms with Crippen molar-refractivity contribution in [2.45, 2.75) is 12.9 Å². The lowest BCUT2D eigenvalue weighted by Gasteiger charge is -2.12. The molecular formula is C7H8F3N3O2. The van der Waals surface area contributed by atoms with Crippen LogP contribution in [0.1, 0.15) is 5.56 Å². The lowest BCUT2D eigenvalue weighted by Crippen LogP contribution is -2.19. The fourth-order valence-corrected chi connectivity index (χ4v) is 0.940. The second-order valence-electron chi connectivity index (χ2n) is 2.59. The van der Waals surface area contributed by atoms with E-state index in [1.54, 1.807) is 0 Å². The number of nitrogens with zero attached hydrogens (tertiary/aromatic N) is 1. The highest BCUT2D eigenvalue weighted by Gasteiger charge is 2.33. The number of anilines is 1. The summed E-state index contributed by atoms with van der Waals surface area (Å²) >= 11 is 0. The van der Waals surface area contributed by atoms with Gasteiger partial charge in [-0.15, -0.1) is 13.2 Å². The van der Waals surface area contributed by atoms with Crippen LogP contribution in [0.15, 0.2) is 6.20 Å². The zero-order chi connectivity index (χ0) is 11.6. The van der Waals surface area contributed by atoms with Crippen LogP contribution < -0.4 is 16.2 Å². The van der Waals surface area contributed by atoms with Gasteiger partial charge in [-0.2, -0.15) is 0 Å². The first kappa shape index (κ1) is 11.4. The van der Waals surface area contributed by atoms with E-state index in [1.807, 2.05) is 0 Å². The maximum atomic E-state index is 11.8. The molecule has 8 heteroatoms. The molecule has 1 aromatic rings. The Bertz CT molecular complexity index is 367. The van der Waals surface area contributed by atoms with Gasteiger partial charge in [-0.05, 0) is 0 Å². The molecule has 0 saturated heterocycles. The second kappa shape index (κ2) is 3.81. The minimum atomic E-state index is -4.88. The summed E-state index contributed by atoms with van der Waals surface area (Å²) in [5.74, 6) is -1.19. The molecule has 0 aliphatic heterocycles. The number of hydrogen-bond acceptors (Lipinski definition) is 5. The normalized spacial score (nSPS) is 11.5. The Kier molecular flexibility index (Phi) is 2.89. The lowest BCUT2D eigenvalue weighted by atomic mass is 10.2. The first-order chi connectivity index (χ1) is 6.85. The molecule has 0 radical (unpaired) electrons. The van der Waals surface area contributed by atoms with Crippen molar-refractivity contribution in [2.24, 2.45) is 5.73 Å². The highest BCUT2D eigenvalue weighted by molar-refractivity contribution is 5.59. The Hall–Kier alpha value is -1.70. The number of ether oxygens (including phenoxy) is 1. The number of hydrogen-bond donors (Lipinski definition) is 3. The van der Waals surface area contributed by atoms with Crippen LogP contribution in [0.4, 0.5) is 18.9 Å². The number of aromatic nitrogens is 1. The Labute approximate surface area is 82.5 Å². The molecule has 5 N–H and O–H groups in total. The van der Waals surface area contributed by atoms with Crippen molar-refractivity contribution in [3.8, 4) is 11.6 Å². The lowest BCUT2D eigenvalue weighted by molar-refractivity contribution is -0.275. The zero-order valence-corrected chi connectivity index (χ0v) is 7.38. The minimum absolute atomic E-state index is 0.0377. The maximum Gasteiger partial charge on any atom is 0.574 e. The van der Waals surface area contributed by atoms with Crippen molar-refractivity contribution in [1.82, 2.24) is 4.98 Å². The van der Waals surface area contributed by atoms with Gasteiger partial charge in [-0.3, -0.25) is 0 Å². The van der Waals surface area contributed by atoms with E-state index in [0.29, 0.717) is 0 Å². The minimum Gasteiger partial charge on any atom is -0.506 e. The summed E-state index contributed by atoms with van der Waals surface area (Å²) in [7, 11) is 0. The molecule has 0 amide bonds. The molecule has 84 valence electrons. The van der Waals surface area contributed by atoms with E-state index in [1.165, 1.54) is 0 Å². The molecule has 0 aromatic carbocycles. The molecular weight excluding hydrogens is 215 g/mol. The molecule has 5 nitrogen and oxygen atoms in total. The number of alkyl halides is 3. The van der Waals surface area contributed by atoms with Crippen LogP contribution in [0.2, 0.25) is 0 Å². The number of rotatable bonds is 2. The van der Waals surface area contributed by atoms with E-state index < -0.39 is 17.9 Å². The number of halogens is 3. The Morgan fingerprint density at radius 1 is 1.47 bits per heavy atom. The Morgan fingerprint density at radius 2 is 2.07 bits per heavy atom. The van der Waals surface area contributed by atoms with Gasteiger partial charge >= 0.3 is 6.36 Å². The Morgan fingerprint density at radius 3 is 2.53 bits per heavy atom. The fourth-order valence-electron chi connectivity index (χ4n) is 0.940. The van der Waals surface area contributed by atoms with Gasteiger partial charge in [0.15, 0.2) is 0 Å². The molecule has 0 aliphatic rings. The van der Waals surface area contributed by atoms with Crippen LogP contribution in [0.25, 0.3) is 0 Å². The number of pyridine rings is 1. The van der Waals surface area contributed by atoms with E-state index in [-0.39, 0.29) is 17.9 Å². The predicted molar refractivity (Wildman–Crippen MR) is 44.9 cm³/mol. The van der Waals surface area contributed by atoms with Crippen LogP contribution in [-0.2, 0) is 6.54 Å². The largest absolute Gasteiger partial charge is 0.574 e. The summed E-state index contributed by atoms with van der Waals surface area (Å²) in [4.78, 5) is 3.20. The van der Waals surface area contributed by atoms with Gasteiger partial charge in [0.2, 0.25) is 5.88 Å². The Balaban J connectivity index is 3.11. The van der Waals surface area contributed by atoms with Crippen LogP contribution in [0.3, 0.4) is 0 Å². The van der Waals surface area contributed by atoms with Crippen LogP contribution in [-0.4, -0.2) is 16.5 Å². The van der Waals surface area contributed by atoms with Gasteiger partial charge in [0, 0.05) is 12.1 Å². The van der Waals surface area contributed by atoms with Crippen molar-refractivity contribution in [3.05, 3.63) is 11.8 Å². The zero-order valence-electron chi connectivity index (χ0n) is 7.38. The highest BCUT2D eigenvalue weighted by atomic mass is 19.4. The third kappa shape index (κ3) is 2.62. The number of nitrogen functional groups attached to an aromatic ring is 1. The molecule has 0 fully saturated rings. The van der Waals surface area contributed by atoms with Gasteiger partial charge in [0.05, 0.1) is 6.20 Å². The van der Waals surface area contributed by atoms with Gasteiger partial charge in [0.1, 0.15) is 11.4 Å². The average Bonchev–Trinajstić information content (AvgIpc) is 2.09. The maximum absolute atomic E-state index is 11.8. The SMILES string of the molecule is NCc1c(O)cnc(OC(F)(F)F)c1N. The van der Waals surface area contributed by atoms with Crippen LogP contribution >= 0.6 is 0 Å². The summed E-state index contributed by atoms with van der Waals surface area (Å²) in [5, 5.41) is 9.15. The molecule has 1 aromatic heterocycles.